The van der Waals surface area contributed by atoms with Crippen LogP contribution in [-0.4, -0.2) is 42.5 Å². The highest BCUT2D eigenvalue weighted by Gasteiger charge is 2.29. The fourth-order valence-electron chi connectivity index (χ4n) is 2.34. The summed E-state index contributed by atoms with van der Waals surface area (Å²) in [7, 11) is 1.47. The third-order valence-electron chi connectivity index (χ3n) is 3.60. The number of rotatable bonds is 6. The van der Waals surface area contributed by atoms with Crippen molar-refractivity contribution >= 4 is 5.69 Å². The minimum atomic E-state index is -0.761. The molecule has 0 radical (unpaired) electrons. The Hall–Kier alpha value is -1.70. The molecule has 0 bridgehead atoms. The van der Waals surface area contributed by atoms with Crippen molar-refractivity contribution in [3.8, 4) is 5.75 Å². The summed E-state index contributed by atoms with van der Waals surface area (Å²) in [5, 5.41) is 24.3. The number of ether oxygens (including phenoxy) is 2. The molecule has 1 aromatic carbocycles. The molecular weight excluding hydrogens is 276 g/mol. The van der Waals surface area contributed by atoms with Gasteiger partial charge >= 0.3 is 0 Å². The predicted molar refractivity (Wildman–Crippen MR) is 76.4 cm³/mol. The fraction of sp³-hybridized carbons (Fsp3) is 0.571. The molecule has 7 heteroatoms. The summed E-state index contributed by atoms with van der Waals surface area (Å²) in [6.07, 6.45) is 1.19. The van der Waals surface area contributed by atoms with Crippen molar-refractivity contribution in [1.29, 1.82) is 0 Å². The van der Waals surface area contributed by atoms with Crippen molar-refractivity contribution in [2.45, 2.75) is 25.0 Å². The van der Waals surface area contributed by atoms with Gasteiger partial charge in [-0.05, 0) is 11.6 Å². The molecule has 0 unspecified atom stereocenters. The van der Waals surface area contributed by atoms with Crippen LogP contribution in [0.5, 0.6) is 5.75 Å². The first-order chi connectivity index (χ1) is 10.0. The Morgan fingerprint density at radius 2 is 2.14 bits per heavy atom. The van der Waals surface area contributed by atoms with Crippen LogP contribution in [0.15, 0.2) is 18.2 Å². The Kier molecular flexibility index (Phi) is 5.11. The molecule has 1 aromatic rings. The van der Waals surface area contributed by atoms with E-state index in [1.807, 2.05) is 0 Å². The second kappa shape index (κ2) is 6.84. The van der Waals surface area contributed by atoms with E-state index in [4.69, 9.17) is 9.47 Å². The van der Waals surface area contributed by atoms with Gasteiger partial charge in [-0.1, -0.05) is 0 Å². The van der Waals surface area contributed by atoms with Gasteiger partial charge in [-0.25, -0.2) is 0 Å². The smallest absolute Gasteiger partial charge is 0.273 e. The van der Waals surface area contributed by atoms with Crippen LogP contribution in [0.4, 0.5) is 5.69 Å². The molecule has 21 heavy (non-hydrogen) atoms. The van der Waals surface area contributed by atoms with E-state index in [-0.39, 0.29) is 5.69 Å². The highest BCUT2D eigenvalue weighted by molar-refractivity contribution is 5.42. The monoisotopic (exact) mass is 296 g/mol. The Balaban J connectivity index is 1.96. The molecule has 1 aliphatic heterocycles. The van der Waals surface area contributed by atoms with Crippen molar-refractivity contribution in [3.63, 3.8) is 0 Å². The van der Waals surface area contributed by atoms with Crippen molar-refractivity contribution < 1.29 is 19.5 Å². The second-order valence-corrected chi connectivity index (χ2v) is 5.24. The largest absolute Gasteiger partial charge is 0.496 e. The molecule has 2 rings (SSSR count). The molecule has 0 atom stereocenters. The fourth-order valence-corrected chi connectivity index (χ4v) is 2.34. The first-order valence-corrected chi connectivity index (χ1v) is 6.86. The topological polar surface area (TPSA) is 93.9 Å². The number of nitrogens with zero attached hydrogens (tertiary/aromatic N) is 1. The number of nitro groups is 1. The number of hydrogen-bond acceptors (Lipinski definition) is 6. The lowest BCUT2D eigenvalue weighted by atomic mass is 9.94. The van der Waals surface area contributed by atoms with Gasteiger partial charge in [-0.2, -0.15) is 0 Å². The Morgan fingerprint density at radius 3 is 2.76 bits per heavy atom. The summed E-state index contributed by atoms with van der Waals surface area (Å²) in [4.78, 5) is 10.4. The van der Waals surface area contributed by atoms with Crippen LogP contribution >= 0.6 is 0 Å². The van der Waals surface area contributed by atoms with E-state index in [1.54, 1.807) is 6.07 Å². The SMILES string of the molecule is COc1cc(CNCC2(O)CCOCC2)cc([N+](=O)[O-])c1. The molecule has 0 aromatic heterocycles. The van der Waals surface area contributed by atoms with Gasteiger partial charge in [0, 0.05) is 45.2 Å². The van der Waals surface area contributed by atoms with Crippen molar-refractivity contribution in [3.05, 3.63) is 33.9 Å². The van der Waals surface area contributed by atoms with Crippen LogP contribution in [0.3, 0.4) is 0 Å². The number of nitro benzene ring substituents is 1. The second-order valence-electron chi connectivity index (χ2n) is 5.24. The van der Waals surface area contributed by atoms with Crippen molar-refractivity contribution in [1.82, 2.24) is 5.32 Å². The maximum absolute atomic E-state index is 10.9. The summed E-state index contributed by atoms with van der Waals surface area (Å²) in [5.74, 6) is 0.450. The molecule has 2 N–H and O–H groups in total. The van der Waals surface area contributed by atoms with Gasteiger partial charge in [0.05, 0.1) is 23.7 Å². The predicted octanol–water partition coefficient (Wildman–Crippen LogP) is 1.23. The molecule has 1 aliphatic rings. The maximum atomic E-state index is 10.9. The lowest BCUT2D eigenvalue weighted by Gasteiger charge is -2.32. The molecule has 1 heterocycles. The van der Waals surface area contributed by atoms with Crippen LogP contribution in [0.25, 0.3) is 0 Å². The van der Waals surface area contributed by atoms with Crippen LogP contribution in [0.2, 0.25) is 0 Å². The minimum absolute atomic E-state index is 0.00377. The van der Waals surface area contributed by atoms with Gasteiger partial charge in [-0.15, -0.1) is 0 Å². The maximum Gasteiger partial charge on any atom is 0.273 e. The summed E-state index contributed by atoms with van der Waals surface area (Å²) in [5.41, 5.74) is -0.0177. The minimum Gasteiger partial charge on any atom is -0.496 e. The zero-order valence-electron chi connectivity index (χ0n) is 12.0. The zero-order valence-corrected chi connectivity index (χ0v) is 12.0. The highest BCUT2D eigenvalue weighted by Crippen LogP contribution is 2.23. The average molecular weight is 296 g/mol. The van der Waals surface area contributed by atoms with E-state index in [2.05, 4.69) is 5.32 Å². The number of benzene rings is 1. The third-order valence-corrected chi connectivity index (χ3v) is 3.60. The molecule has 0 aliphatic carbocycles. The number of hydrogen-bond donors (Lipinski definition) is 2. The van der Waals surface area contributed by atoms with Gasteiger partial charge in [0.25, 0.3) is 5.69 Å². The van der Waals surface area contributed by atoms with E-state index in [1.165, 1.54) is 19.2 Å². The zero-order chi connectivity index (χ0) is 15.3. The van der Waals surface area contributed by atoms with E-state index in [0.29, 0.717) is 44.9 Å². The summed E-state index contributed by atoms with van der Waals surface area (Å²) < 4.78 is 10.3. The number of nitrogens with one attached hydrogen (secondary N) is 1. The molecule has 116 valence electrons. The number of aliphatic hydroxyl groups is 1. The first kappa shape index (κ1) is 15.7. The summed E-state index contributed by atoms with van der Waals surface area (Å²) in [6.45, 7) is 1.98. The Labute approximate surface area is 123 Å². The van der Waals surface area contributed by atoms with Gasteiger partial charge < -0.3 is 19.9 Å². The molecule has 7 nitrogen and oxygen atoms in total. The molecule has 1 fully saturated rings. The standard InChI is InChI=1S/C14H20N2O5/c1-20-13-7-11(6-12(8-13)16(18)19)9-15-10-14(17)2-4-21-5-3-14/h6-8,15,17H,2-5,9-10H2,1H3. The average Bonchev–Trinajstić information content (AvgIpc) is 2.47. The van der Waals surface area contributed by atoms with Crippen LogP contribution in [-0.2, 0) is 11.3 Å². The van der Waals surface area contributed by atoms with E-state index >= 15 is 0 Å². The van der Waals surface area contributed by atoms with E-state index in [0.717, 1.165) is 5.56 Å². The molecule has 0 saturated carbocycles. The van der Waals surface area contributed by atoms with Gasteiger partial charge in [0.1, 0.15) is 5.75 Å². The molecule has 0 amide bonds. The van der Waals surface area contributed by atoms with Gasteiger partial charge in [-0.3, -0.25) is 10.1 Å². The lowest BCUT2D eigenvalue weighted by molar-refractivity contribution is -0.385. The van der Waals surface area contributed by atoms with E-state index in [9.17, 15) is 15.2 Å². The molecular formula is C14H20N2O5. The normalized spacial score (nSPS) is 17.4. The molecule has 1 saturated heterocycles. The first-order valence-electron chi connectivity index (χ1n) is 6.86. The Morgan fingerprint density at radius 1 is 1.43 bits per heavy atom. The number of methoxy groups -OCH3 is 1. The van der Waals surface area contributed by atoms with Crippen LogP contribution < -0.4 is 10.1 Å². The lowest BCUT2D eigenvalue weighted by Crippen LogP contribution is -2.44. The van der Waals surface area contributed by atoms with E-state index < -0.39 is 10.5 Å². The van der Waals surface area contributed by atoms with Crippen molar-refractivity contribution in [2.24, 2.45) is 0 Å². The summed E-state index contributed by atoms with van der Waals surface area (Å²) in [6, 6.07) is 4.63. The summed E-state index contributed by atoms with van der Waals surface area (Å²) >= 11 is 0. The third kappa shape index (κ3) is 4.38. The van der Waals surface area contributed by atoms with Crippen LogP contribution in [0.1, 0.15) is 18.4 Å². The van der Waals surface area contributed by atoms with Gasteiger partial charge in [0.2, 0.25) is 0 Å². The Bertz CT molecular complexity index is 500. The van der Waals surface area contributed by atoms with Gasteiger partial charge in [0.15, 0.2) is 0 Å². The quantitative estimate of drug-likeness (QED) is 0.606. The van der Waals surface area contributed by atoms with Crippen LogP contribution in [0, 0.1) is 10.1 Å². The molecule has 0 spiro atoms. The number of non-ortho nitro benzene ring substituents is 1. The van der Waals surface area contributed by atoms with Crippen molar-refractivity contribution in [2.75, 3.05) is 26.9 Å². The highest BCUT2D eigenvalue weighted by atomic mass is 16.6.